The van der Waals surface area contributed by atoms with Crippen LogP contribution in [0.3, 0.4) is 0 Å². The molecule has 2 heteroatoms. The van der Waals surface area contributed by atoms with Gasteiger partial charge >= 0.3 is 0 Å². The maximum absolute atomic E-state index is 6.57. The fraction of sp³-hybridized carbons (Fsp3) is 0.333. The lowest BCUT2D eigenvalue weighted by Crippen LogP contribution is -1.70. The summed E-state index contributed by atoms with van der Waals surface area (Å²) in [6, 6.07) is 0. The van der Waals surface area contributed by atoms with Crippen LogP contribution in [0.2, 0.25) is 0 Å². The molecule has 0 radical (unpaired) electrons. The van der Waals surface area contributed by atoms with Gasteiger partial charge in [0.2, 0.25) is 0 Å². The molecule has 0 heterocycles. The van der Waals surface area contributed by atoms with Gasteiger partial charge in [0.15, 0.2) is 0 Å². The second-order valence-electron chi connectivity index (χ2n) is 1.22. The maximum Gasteiger partial charge on any atom is 0.0569 e. The molecule has 0 rings (SSSR count). The molecule has 1 N–H and O–H groups in total. The first kappa shape index (κ1) is 7.08. The molecule has 0 saturated heterocycles. The summed E-state index contributed by atoms with van der Waals surface area (Å²) in [7, 11) is 0. The predicted octanol–water partition coefficient (Wildman–Crippen LogP) is 1.28. The molecule has 0 aromatic heterocycles. The number of nitrogens with one attached hydrogen (secondary N) is 1. The lowest BCUT2D eigenvalue weighted by atomic mass is 10.5. The van der Waals surface area contributed by atoms with E-state index in [4.69, 9.17) is 5.41 Å². The van der Waals surface area contributed by atoms with E-state index in [9.17, 15) is 0 Å². The number of hydrogen-bond donors (Lipinski definition) is 1. The molecule has 0 fully saturated rings. The highest BCUT2D eigenvalue weighted by Gasteiger charge is 1.63. The Labute approximate surface area is 49.5 Å². The van der Waals surface area contributed by atoms with Crippen LogP contribution in [0.5, 0.6) is 0 Å². The van der Waals surface area contributed by atoms with Crippen molar-refractivity contribution in [3.05, 3.63) is 12.2 Å². The average Bonchev–Trinajstić information content (AvgIpc) is 1.81. The Kier molecular flexibility index (Phi) is 5.38. The van der Waals surface area contributed by atoms with E-state index in [0.717, 1.165) is 0 Å². The maximum atomic E-state index is 6.57. The summed E-state index contributed by atoms with van der Waals surface area (Å²) in [5, 5.41) is 6.57. The van der Waals surface area contributed by atoms with Gasteiger partial charge in [-0.2, -0.15) is 0 Å². The van der Waals surface area contributed by atoms with Crippen LogP contribution in [0.1, 0.15) is 6.92 Å². The number of allylic oxidation sites excluding steroid dienone is 1. The zero-order chi connectivity index (χ0) is 6.24. The van der Waals surface area contributed by atoms with Gasteiger partial charge in [0, 0.05) is 6.21 Å². The van der Waals surface area contributed by atoms with E-state index in [1.165, 1.54) is 6.21 Å². The van der Waals surface area contributed by atoms with Gasteiger partial charge in [0.25, 0.3) is 0 Å². The molecule has 0 aliphatic heterocycles. The molecule has 0 aliphatic carbocycles. The smallest absolute Gasteiger partial charge is 0.0569 e. The van der Waals surface area contributed by atoms with Gasteiger partial charge in [-0.25, -0.2) is 0 Å². The first-order chi connectivity index (χ1) is 3.91. The van der Waals surface area contributed by atoms with Crippen LogP contribution in [0.4, 0.5) is 0 Å². The molecule has 2 nitrogen and oxygen atoms in total. The van der Waals surface area contributed by atoms with Crippen molar-refractivity contribution >= 4 is 12.4 Å². The largest absolute Gasteiger partial charge is 0.309 e. The van der Waals surface area contributed by atoms with Gasteiger partial charge in [-0.05, 0) is 19.2 Å². The number of hydrogen-bond acceptors (Lipinski definition) is 2. The second-order valence-corrected chi connectivity index (χ2v) is 1.22. The van der Waals surface area contributed by atoms with Crippen molar-refractivity contribution in [3.8, 4) is 0 Å². The van der Waals surface area contributed by atoms with Crippen LogP contribution >= 0.6 is 0 Å². The topological polar surface area (TPSA) is 36.2 Å². The van der Waals surface area contributed by atoms with E-state index in [2.05, 4.69) is 4.99 Å². The first-order valence-corrected chi connectivity index (χ1v) is 2.52. The minimum Gasteiger partial charge on any atom is -0.309 e. The number of nitrogens with zero attached hydrogens (tertiary/aromatic N) is 1. The Morgan fingerprint density at radius 3 is 2.88 bits per heavy atom. The van der Waals surface area contributed by atoms with Gasteiger partial charge in [0.1, 0.15) is 0 Å². The van der Waals surface area contributed by atoms with Crippen molar-refractivity contribution in [2.45, 2.75) is 6.92 Å². The molecule has 0 aromatic carbocycles. The van der Waals surface area contributed by atoms with Crippen LogP contribution in [-0.2, 0) is 0 Å². The standard InChI is InChI=1S/C6H10N2/c1-2-8-6-4-3-5-7/h2-5,7H,6H2,1H3/b4-3-,7-5?,8-2?. The molecule has 8 heavy (non-hydrogen) atoms. The Bertz CT molecular complexity index is 103. The molecule has 44 valence electrons. The van der Waals surface area contributed by atoms with Crippen molar-refractivity contribution in [2.24, 2.45) is 4.99 Å². The van der Waals surface area contributed by atoms with Gasteiger partial charge in [-0.3, -0.25) is 4.99 Å². The SMILES string of the molecule is CC=NC/C=C\C=N. The molecule has 0 amide bonds. The third kappa shape index (κ3) is 5.08. The minimum absolute atomic E-state index is 0.686. The van der Waals surface area contributed by atoms with Crippen molar-refractivity contribution in [1.29, 1.82) is 5.41 Å². The predicted molar refractivity (Wildman–Crippen MR) is 37.0 cm³/mol. The number of rotatable bonds is 3. The van der Waals surface area contributed by atoms with E-state index < -0.39 is 0 Å². The molecule has 0 bridgehead atoms. The Morgan fingerprint density at radius 1 is 1.62 bits per heavy atom. The van der Waals surface area contributed by atoms with Gasteiger partial charge in [-0.1, -0.05) is 6.08 Å². The van der Waals surface area contributed by atoms with Crippen molar-refractivity contribution in [3.63, 3.8) is 0 Å². The fourth-order valence-electron chi connectivity index (χ4n) is 0.295. The Hall–Kier alpha value is -0.920. The highest BCUT2D eigenvalue weighted by molar-refractivity contribution is 5.67. The minimum atomic E-state index is 0.686. The van der Waals surface area contributed by atoms with Crippen LogP contribution in [-0.4, -0.2) is 19.0 Å². The third-order valence-electron chi connectivity index (χ3n) is 0.626. The van der Waals surface area contributed by atoms with Crippen LogP contribution in [0.15, 0.2) is 17.1 Å². The molecule has 0 unspecified atom stereocenters. The summed E-state index contributed by atoms with van der Waals surface area (Å²) in [5.74, 6) is 0. The summed E-state index contributed by atoms with van der Waals surface area (Å²) >= 11 is 0. The van der Waals surface area contributed by atoms with Crippen LogP contribution < -0.4 is 0 Å². The summed E-state index contributed by atoms with van der Waals surface area (Å²) in [5.41, 5.74) is 0. The molecule has 0 spiro atoms. The van der Waals surface area contributed by atoms with E-state index in [1.807, 2.05) is 13.0 Å². The molecular formula is C6H10N2. The summed E-state index contributed by atoms with van der Waals surface area (Å²) in [4.78, 5) is 3.89. The van der Waals surface area contributed by atoms with E-state index in [1.54, 1.807) is 12.3 Å². The third-order valence-corrected chi connectivity index (χ3v) is 0.626. The van der Waals surface area contributed by atoms with Crippen molar-refractivity contribution in [1.82, 2.24) is 0 Å². The first-order valence-electron chi connectivity index (χ1n) is 2.52. The van der Waals surface area contributed by atoms with Gasteiger partial charge in [0.05, 0.1) is 6.54 Å². The quantitative estimate of drug-likeness (QED) is 0.531. The zero-order valence-corrected chi connectivity index (χ0v) is 4.96. The zero-order valence-electron chi connectivity index (χ0n) is 4.96. The number of aliphatic imine (C=N–C) groups is 1. The van der Waals surface area contributed by atoms with Gasteiger partial charge in [-0.15, -0.1) is 0 Å². The summed E-state index contributed by atoms with van der Waals surface area (Å²) in [6.45, 7) is 2.56. The van der Waals surface area contributed by atoms with Gasteiger partial charge < -0.3 is 5.41 Å². The molecule has 0 atom stereocenters. The second kappa shape index (κ2) is 6.08. The Morgan fingerprint density at radius 2 is 2.38 bits per heavy atom. The summed E-state index contributed by atoms with van der Waals surface area (Å²) in [6.07, 6.45) is 6.47. The molecular weight excluding hydrogens is 100 g/mol. The normalized spacial score (nSPS) is 11.1. The lowest BCUT2D eigenvalue weighted by Gasteiger charge is -1.75. The fourth-order valence-corrected chi connectivity index (χ4v) is 0.295. The highest BCUT2D eigenvalue weighted by atomic mass is 14.7. The van der Waals surface area contributed by atoms with Crippen LogP contribution in [0, 0.1) is 5.41 Å². The highest BCUT2D eigenvalue weighted by Crippen LogP contribution is 1.69. The molecule has 0 saturated carbocycles. The van der Waals surface area contributed by atoms with E-state index in [-0.39, 0.29) is 0 Å². The monoisotopic (exact) mass is 110 g/mol. The average molecular weight is 110 g/mol. The lowest BCUT2D eigenvalue weighted by molar-refractivity contribution is 1.26. The van der Waals surface area contributed by atoms with E-state index >= 15 is 0 Å². The van der Waals surface area contributed by atoms with Crippen molar-refractivity contribution in [2.75, 3.05) is 6.54 Å². The van der Waals surface area contributed by atoms with E-state index in [0.29, 0.717) is 6.54 Å². The molecule has 0 aromatic rings. The van der Waals surface area contributed by atoms with Crippen molar-refractivity contribution < 1.29 is 0 Å². The van der Waals surface area contributed by atoms with Crippen LogP contribution in [0.25, 0.3) is 0 Å². The molecule has 0 aliphatic rings. The summed E-state index contributed by atoms with van der Waals surface area (Å²) < 4.78 is 0. The Balaban J connectivity index is 3.15.